The first-order valence-electron chi connectivity index (χ1n) is 4.95. The van der Waals surface area contributed by atoms with E-state index in [2.05, 4.69) is 10.2 Å². The highest BCUT2D eigenvalue weighted by Crippen LogP contribution is 2.17. The van der Waals surface area contributed by atoms with Gasteiger partial charge in [0.1, 0.15) is 5.82 Å². The molecule has 0 saturated heterocycles. The zero-order valence-corrected chi connectivity index (χ0v) is 10.4. The van der Waals surface area contributed by atoms with Crippen LogP contribution in [-0.4, -0.2) is 30.2 Å². The first-order chi connectivity index (χ1) is 7.66. The molecule has 1 aromatic carbocycles. The molecule has 0 N–H and O–H groups in total. The second-order valence-corrected chi connectivity index (χ2v) is 3.67. The van der Waals surface area contributed by atoms with Crippen molar-refractivity contribution in [2.75, 3.05) is 14.1 Å². The highest BCUT2D eigenvalue weighted by atomic mass is 35.5. The van der Waals surface area contributed by atoms with Crippen molar-refractivity contribution in [1.29, 1.82) is 0 Å². The molecule has 4 nitrogen and oxygen atoms in total. The Morgan fingerprint density at radius 2 is 1.59 bits per heavy atom. The van der Waals surface area contributed by atoms with E-state index in [9.17, 15) is 4.39 Å². The Labute approximate surface area is 106 Å². The molecule has 0 radical (unpaired) electrons. The van der Waals surface area contributed by atoms with Gasteiger partial charge in [-0.25, -0.2) is 4.39 Å². The molecule has 17 heavy (non-hydrogen) atoms. The maximum absolute atomic E-state index is 12.7. The number of benzene rings is 1. The molecule has 0 atom stereocenters. The third-order valence-corrected chi connectivity index (χ3v) is 2.37. The van der Waals surface area contributed by atoms with Crippen LogP contribution in [-0.2, 0) is 0 Å². The van der Waals surface area contributed by atoms with Crippen molar-refractivity contribution in [2.24, 2.45) is 10.2 Å². The molecule has 2 rings (SSSR count). The minimum Gasteiger partial charge on any atom is -0.340 e. The topological polar surface area (TPSA) is 31.2 Å². The van der Waals surface area contributed by atoms with Gasteiger partial charge in [-0.1, -0.05) is 0 Å². The van der Waals surface area contributed by atoms with Gasteiger partial charge in [0.05, 0.1) is 5.69 Å². The average molecular weight is 257 g/mol. The van der Waals surface area contributed by atoms with Crippen molar-refractivity contribution in [1.82, 2.24) is 9.80 Å². The fourth-order valence-corrected chi connectivity index (χ4v) is 1.44. The molecule has 0 unspecified atom stereocenters. The van der Waals surface area contributed by atoms with E-state index >= 15 is 0 Å². The predicted octanol–water partition coefficient (Wildman–Crippen LogP) is 2.96. The van der Waals surface area contributed by atoms with Crippen molar-refractivity contribution < 1.29 is 4.39 Å². The summed E-state index contributed by atoms with van der Waals surface area (Å²) >= 11 is 0. The highest BCUT2D eigenvalue weighted by Gasteiger charge is 2.18. The minimum absolute atomic E-state index is 0. The van der Waals surface area contributed by atoms with Gasteiger partial charge in [-0.15, -0.1) is 17.5 Å². The van der Waals surface area contributed by atoms with Crippen LogP contribution < -0.4 is 0 Å². The molecule has 0 saturated carbocycles. The van der Waals surface area contributed by atoms with Gasteiger partial charge in [0.25, 0.3) is 0 Å². The quantitative estimate of drug-likeness (QED) is 0.762. The van der Waals surface area contributed by atoms with Crippen LogP contribution in [0, 0.1) is 5.82 Å². The molecule has 1 aromatic rings. The molecule has 1 aliphatic heterocycles. The van der Waals surface area contributed by atoms with Crippen molar-refractivity contribution in [3.8, 4) is 0 Å². The normalized spacial score (nSPS) is 15.7. The fraction of sp³-hybridized carbons (Fsp3) is 0.273. The second-order valence-electron chi connectivity index (χ2n) is 3.67. The summed E-state index contributed by atoms with van der Waals surface area (Å²) in [6.07, 6.45) is 3.73. The zero-order chi connectivity index (χ0) is 11.5. The van der Waals surface area contributed by atoms with E-state index in [4.69, 9.17) is 0 Å². The van der Waals surface area contributed by atoms with Crippen LogP contribution in [0.1, 0.15) is 0 Å². The number of halogens is 2. The monoisotopic (exact) mass is 256 g/mol. The lowest BCUT2D eigenvalue weighted by molar-refractivity contribution is 0.206. The van der Waals surface area contributed by atoms with Crippen molar-refractivity contribution in [2.45, 2.75) is 6.29 Å². The van der Waals surface area contributed by atoms with Gasteiger partial charge < -0.3 is 9.80 Å². The van der Waals surface area contributed by atoms with Crippen LogP contribution in [0.5, 0.6) is 0 Å². The summed E-state index contributed by atoms with van der Waals surface area (Å²) in [5.41, 5.74) is 0.648. The van der Waals surface area contributed by atoms with Crippen molar-refractivity contribution in [3.05, 3.63) is 42.5 Å². The Bertz CT molecular complexity index is 406. The molecule has 0 amide bonds. The van der Waals surface area contributed by atoms with Gasteiger partial charge in [-0.05, 0) is 24.3 Å². The van der Waals surface area contributed by atoms with E-state index in [1.807, 2.05) is 36.3 Å². The van der Waals surface area contributed by atoms with E-state index in [0.717, 1.165) is 0 Å². The SMILES string of the molecule is CN1C=CN(C)C1/N=N/c1ccc(F)cc1.Cl. The van der Waals surface area contributed by atoms with E-state index < -0.39 is 0 Å². The molecule has 1 heterocycles. The molecule has 0 aliphatic carbocycles. The van der Waals surface area contributed by atoms with E-state index in [1.165, 1.54) is 12.1 Å². The van der Waals surface area contributed by atoms with Gasteiger partial charge in [-0.3, -0.25) is 0 Å². The number of rotatable bonds is 2. The minimum atomic E-state index is -0.268. The number of hydrogen-bond acceptors (Lipinski definition) is 4. The fourth-order valence-electron chi connectivity index (χ4n) is 1.44. The Morgan fingerprint density at radius 1 is 1.06 bits per heavy atom. The van der Waals surface area contributed by atoms with Gasteiger partial charge >= 0.3 is 0 Å². The molecule has 0 fully saturated rings. The van der Waals surface area contributed by atoms with Crippen LogP contribution in [0.2, 0.25) is 0 Å². The third-order valence-electron chi connectivity index (χ3n) is 2.37. The van der Waals surface area contributed by atoms with Crippen LogP contribution in [0.3, 0.4) is 0 Å². The first-order valence-corrected chi connectivity index (χ1v) is 4.95. The smallest absolute Gasteiger partial charge is 0.217 e. The molecule has 0 aromatic heterocycles. The Kier molecular flexibility index (Phi) is 4.45. The molecule has 0 bridgehead atoms. The predicted molar refractivity (Wildman–Crippen MR) is 66.6 cm³/mol. The second kappa shape index (κ2) is 5.63. The highest BCUT2D eigenvalue weighted by molar-refractivity contribution is 5.85. The van der Waals surface area contributed by atoms with E-state index in [-0.39, 0.29) is 24.5 Å². The molecule has 0 spiro atoms. The Balaban J connectivity index is 0.00000144. The number of azo groups is 1. The van der Waals surface area contributed by atoms with Crippen molar-refractivity contribution in [3.63, 3.8) is 0 Å². The zero-order valence-electron chi connectivity index (χ0n) is 9.62. The van der Waals surface area contributed by atoms with E-state index in [0.29, 0.717) is 5.69 Å². The molecule has 6 heteroatoms. The molecule has 92 valence electrons. The summed E-state index contributed by atoms with van der Waals surface area (Å²) in [5.74, 6) is -0.268. The number of nitrogens with zero attached hydrogens (tertiary/aromatic N) is 4. The maximum Gasteiger partial charge on any atom is 0.217 e. The number of hydrogen-bond donors (Lipinski definition) is 0. The van der Waals surface area contributed by atoms with Crippen LogP contribution >= 0.6 is 12.4 Å². The van der Waals surface area contributed by atoms with Gasteiger partial charge in [0.15, 0.2) is 0 Å². The van der Waals surface area contributed by atoms with Crippen LogP contribution in [0.25, 0.3) is 0 Å². The lowest BCUT2D eigenvalue weighted by Crippen LogP contribution is -2.31. The summed E-state index contributed by atoms with van der Waals surface area (Å²) in [6.45, 7) is 0. The summed E-state index contributed by atoms with van der Waals surface area (Å²) in [6, 6.07) is 5.94. The van der Waals surface area contributed by atoms with Crippen LogP contribution in [0.4, 0.5) is 10.1 Å². The molecule has 1 aliphatic rings. The lowest BCUT2D eigenvalue weighted by Gasteiger charge is -2.21. The average Bonchev–Trinajstić information content (AvgIpc) is 2.59. The summed E-state index contributed by atoms with van der Waals surface area (Å²) < 4.78 is 12.7. The summed E-state index contributed by atoms with van der Waals surface area (Å²) in [7, 11) is 3.85. The maximum atomic E-state index is 12.7. The van der Waals surface area contributed by atoms with Gasteiger partial charge in [-0.2, -0.15) is 5.11 Å². The third kappa shape index (κ3) is 3.17. The summed E-state index contributed by atoms with van der Waals surface area (Å²) in [4.78, 5) is 3.88. The standard InChI is InChI=1S/C11H13FN4.ClH/c1-15-7-8-16(2)11(15)14-13-10-5-3-9(12)4-6-10;/h3-8,11H,1-2H3;1H/b14-13+;. The van der Waals surface area contributed by atoms with Crippen LogP contribution in [0.15, 0.2) is 46.9 Å². The molecular weight excluding hydrogens is 243 g/mol. The first kappa shape index (κ1) is 13.4. The molecular formula is C11H14ClFN4. The van der Waals surface area contributed by atoms with Gasteiger partial charge in [0, 0.05) is 26.5 Å². The lowest BCUT2D eigenvalue weighted by atomic mass is 10.3. The van der Waals surface area contributed by atoms with E-state index in [1.54, 1.807) is 12.1 Å². The Hall–Kier alpha value is -1.62. The summed E-state index contributed by atoms with van der Waals surface area (Å²) in [5, 5.41) is 8.24. The van der Waals surface area contributed by atoms with Crippen molar-refractivity contribution >= 4 is 18.1 Å². The largest absolute Gasteiger partial charge is 0.340 e. The van der Waals surface area contributed by atoms with Gasteiger partial charge in [0.2, 0.25) is 6.29 Å². The Morgan fingerprint density at radius 3 is 2.12 bits per heavy atom.